The van der Waals surface area contributed by atoms with Gasteiger partial charge < -0.3 is 15.0 Å². The minimum atomic E-state index is -0.388. The molecule has 4 aromatic rings. The van der Waals surface area contributed by atoms with E-state index in [1.54, 1.807) is 21.8 Å². The molecular weight excluding hydrogens is 385 g/mol. The molecule has 1 N–H and O–H groups in total. The van der Waals surface area contributed by atoms with E-state index in [2.05, 4.69) is 31.5 Å². The highest BCUT2D eigenvalue weighted by molar-refractivity contribution is 5.78. The first-order valence-electron chi connectivity index (χ1n) is 9.61. The summed E-state index contributed by atoms with van der Waals surface area (Å²) in [5, 5.41) is 11.5. The molecule has 0 saturated carbocycles. The van der Waals surface area contributed by atoms with Gasteiger partial charge in [-0.2, -0.15) is 0 Å². The van der Waals surface area contributed by atoms with Gasteiger partial charge in [0, 0.05) is 62.2 Å². The Bertz CT molecular complexity index is 1240. The molecule has 8 nitrogen and oxygen atoms in total. The molecule has 0 fully saturated rings. The number of fused-ring (bicyclic) bond motifs is 2. The SMILES string of the molecule is CN(C)c1cc(F)c(-c2cnc(NCc3cccc4c3CCO4)n3cnnc23)cn1. The van der Waals surface area contributed by atoms with Crippen LogP contribution in [0.15, 0.2) is 43.0 Å². The molecule has 0 spiro atoms. The average molecular weight is 405 g/mol. The summed E-state index contributed by atoms with van der Waals surface area (Å²) in [6, 6.07) is 7.44. The van der Waals surface area contributed by atoms with Crippen molar-refractivity contribution < 1.29 is 9.13 Å². The van der Waals surface area contributed by atoms with Crippen molar-refractivity contribution in [3.8, 4) is 16.9 Å². The van der Waals surface area contributed by atoms with Crippen molar-refractivity contribution in [1.29, 1.82) is 0 Å². The average Bonchev–Trinajstić information content (AvgIpc) is 3.42. The molecule has 4 heterocycles. The molecule has 0 bridgehead atoms. The van der Waals surface area contributed by atoms with Crippen molar-refractivity contribution in [3.63, 3.8) is 0 Å². The highest BCUT2D eigenvalue weighted by Gasteiger charge is 2.18. The standard InChI is InChI=1S/C21H20FN7O/c1-28(2)19-8-17(22)15(10-23-19)16-11-25-21(29-12-26-27-20(16)29)24-9-13-4-3-5-18-14(13)6-7-30-18/h3-5,8,10-12H,6-7,9H2,1-2H3,(H,24,25). The van der Waals surface area contributed by atoms with Crippen molar-refractivity contribution >= 4 is 17.4 Å². The van der Waals surface area contributed by atoms with Crippen LogP contribution in [0.2, 0.25) is 0 Å². The number of anilines is 2. The third-order valence-corrected chi connectivity index (χ3v) is 5.20. The summed E-state index contributed by atoms with van der Waals surface area (Å²) in [6.45, 7) is 1.29. The highest BCUT2D eigenvalue weighted by atomic mass is 19.1. The zero-order valence-electron chi connectivity index (χ0n) is 16.6. The number of hydrogen-bond acceptors (Lipinski definition) is 7. The molecule has 9 heteroatoms. The van der Waals surface area contributed by atoms with Crippen molar-refractivity contribution in [3.05, 3.63) is 59.9 Å². The maximum absolute atomic E-state index is 14.7. The lowest BCUT2D eigenvalue weighted by Crippen LogP contribution is -2.11. The van der Waals surface area contributed by atoms with Gasteiger partial charge in [-0.05, 0) is 11.6 Å². The van der Waals surface area contributed by atoms with E-state index in [1.165, 1.54) is 17.8 Å². The van der Waals surface area contributed by atoms with Gasteiger partial charge in [0.15, 0.2) is 5.65 Å². The number of nitrogens with one attached hydrogen (secondary N) is 1. The molecule has 0 unspecified atom stereocenters. The van der Waals surface area contributed by atoms with Gasteiger partial charge in [0.25, 0.3) is 0 Å². The Labute approximate surface area is 172 Å². The van der Waals surface area contributed by atoms with Gasteiger partial charge in [-0.15, -0.1) is 10.2 Å². The zero-order chi connectivity index (χ0) is 20.7. The maximum Gasteiger partial charge on any atom is 0.210 e. The fourth-order valence-electron chi connectivity index (χ4n) is 3.64. The fourth-order valence-corrected chi connectivity index (χ4v) is 3.64. The van der Waals surface area contributed by atoms with Gasteiger partial charge in [-0.3, -0.25) is 4.40 Å². The Balaban J connectivity index is 1.47. The van der Waals surface area contributed by atoms with E-state index < -0.39 is 0 Å². The second-order valence-electron chi connectivity index (χ2n) is 7.28. The Morgan fingerprint density at radius 2 is 2.07 bits per heavy atom. The highest BCUT2D eigenvalue weighted by Crippen LogP contribution is 2.30. The van der Waals surface area contributed by atoms with Crippen LogP contribution in [-0.4, -0.2) is 45.3 Å². The number of benzene rings is 1. The summed E-state index contributed by atoms with van der Waals surface area (Å²) < 4.78 is 22.1. The van der Waals surface area contributed by atoms with Gasteiger partial charge >= 0.3 is 0 Å². The Morgan fingerprint density at radius 3 is 2.90 bits per heavy atom. The fraction of sp³-hybridized carbons (Fsp3) is 0.238. The maximum atomic E-state index is 14.7. The molecule has 1 aromatic carbocycles. The van der Waals surface area contributed by atoms with Gasteiger partial charge in [0.05, 0.1) is 6.61 Å². The second-order valence-corrected chi connectivity index (χ2v) is 7.28. The van der Waals surface area contributed by atoms with E-state index in [4.69, 9.17) is 4.74 Å². The zero-order valence-corrected chi connectivity index (χ0v) is 16.6. The topological polar surface area (TPSA) is 80.5 Å². The number of ether oxygens (including phenoxy) is 1. The molecule has 1 aliphatic rings. The lowest BCUT2D eigenvalue weighted by Gasteiger charge is -2.14. The van der Waals surface area contributed by atoms with E-state index in [0.717, 1.165) is 17.7 Å². The van der Waals surface area contributed by atoms with E-state index in [9.17, 15) is 4.39 Å². The molecule has 3 aromatic heterocycles. The quantitative estimate of drug-likeness (QED) is 0.547. The molecule has 0 aliphatic carbocycles. The van der Waals surface area contributed by atoms with Crippen LogP contribution in [0.5, 0.6) is 5.75 Å². The monoisotopic (exact) mass is 405 g/mol. The second kappa shape index (κ2) is 7.25. The first-order valence-corrected chi connectivity index (χ1v) is 9.61. The third-order valence-electron chi connectivity index (χ3n) is 5.20. The first kappa shape index (κ1) is 18.3. The molecule has 0 saturated heterocycles. The third kappa shape index (κ3) is 3.08. The molecule has 0 radical (unpaired) electrons. The van der Waals surface area contributed by atoms with Crippen molar-refractivity contribution in [2.75, 3.05) is 30.9 Å². The van der Waals surface area contributed by atoms with Gasteiger partial charge in [-0.25, -0.2) is 14.4 Å². The molecule has 30 heavy (non-hydrogen) atoms. The van der Waals surface area contributed by atoms with Gasteiger partial charge in [0.1, 0.15) is 23.7 Å². The van der Waals surface area contributed by atoms with Gasteiger partial charge in [0.2, 0.25) is 5.95 Å². The van der Waals surface area contributed by atoms with E-state index in [1.807, 2.05) is 26.2 Å². The van der Waals surface area contributed by atoms with Crippen molar-refractivity contribution in [2.24, 2.45) is 0 Å². The minimum Gasteiger partial charge on any atom is -0.493 e. The molecule has 152 valence electrons. The van der Waals surface area contributed by atoms with Crippen LogP contribution in [-0.2, 0) is 13.0 Å². The predicted octanol–water partition coefficient (Wildman–Crippen LogP) is 2.94. The number of hydrogen-bond donors (Lipinski definition) is 1. The molecule has 0 atom stereocenters. The largest absolute Gasteiger partial charge is 0.493 e. The normalized spacial score (nSPS) is 12.6. The summed E-state index contributed by atoms with van der Waals surface area (Å²) in [5.41, 5.74) is 3.74. The van der Waals surface area contributed by atoms with Gasteiger partial charge in [-0.1, -0.05) is 12.1 Å². The summed E-state index contributed by atoms with van der Waals surface area (Å²) >= 11 is 0. The molecule has 1 aliphatic heterocycles. The molecule has 0 amide bonds. The Kier molecular flexibility index (Phi) is 4.42. The van der Waals surface area contributed by atoms with E-state index in [-0.39, 0.29) is 5.82 Å². The van der Waals surface area contributed by atoms with Crippen LogP contribution in [0.25, 0.3) is 16.8 Å². The van der Waals surface area contributed by atoms with Crippen LogP contribution in [0, 0.1) is 5.82 Å². The minimum absolute atomic E-state index is 0.329. The number of pyridine rings is 1. The number of nitrogens with zero attached hydrogens (tertiary/aromatic N) is 6. The lowest BCUT2D eigenvalue weighted by molar-refractivity contribution is 0.357. The molecular formula is C21H20FN7O. The van der Waals surface area contributed by atoms with Crippen LogP contribution < -0.4 is 15.0 Å². The van der Waals surface area contributed by atoms with Crippen LogP contribution >= 0.6 is 0 Å². The Morgan fingerprint density at radius 1 is 1.20 bits per heavy atom. The van der Waals surface area contributed by atoms with E-state index >= 15 is 0 Å². The smallest absolute Gasteiger partial charge is 0.210 e. The number of aromatic nitrogens is 5. The van der Waals surface area contributed by atoms with Crippen LogP contribution in [0.3, 0.4) is 0 Å². The number of halogens is 1. The first-order chi connectivity index (χ1) is 14.6. The summed E-state index contributed by atoms with van der Waals surface area (Å²) in [6.07, 6.45) is 5.56. The predicted molar refractivity (Wildman–Crippen MR) is 111 cm³/mol. The summed E-state index contributed by atoms with van der Waals surface area (Å²) in [4.78, 5) is 10.6. The van der Waals surface area contributed by atoms with E-state index in [0.29, 0.717) is 41.7 Å². The Hall–Kier alpha value is -3.75. The summed E-state index contributed by atoms with van der Waals surface area (Å²) in [7, 11) is 3.63. The summed E-state index contributed by atoms with van der Waals surface area (Å²) in [5.74, 6) is 1.67. The van der Waals surface area contributed by atoms with Crippen LogP contribution in [0.1, 0.15) is 11.1 Å². The molecule has 5 rings (SSSR count). The lowest BCUT2D eigenvalue weighted by atomic mass is 10.1. The number of rotatable bonds is 5. The van der Waals surface area contributed by atoms with Crippen molar-refractivity contribution in [2.45, 2.75) is 13.0 Å². The van der Waals surface area contributed by atoms with Crippen molar-refractivity contribution in [1.82, 2.24) is 24.6 Å². The van der Waals surface area contributed by atoms with Crippen LogP contribution in [0.4, 0.5) is 16.2 Å².